The summed E-state index contributed by atoms with van der Waals surface area (Å²) in [4.78, 5) is 26.0. The lowest BCUT2D eigenvalue weighted by atomic mass is 10.1. The molecule has 2 aromatic rings. The van der Waals surface area contributed by atoms with Crippen molar-refractivity contribution in [2.75, 3.05) is 18.4 Å². The van der Waals surface area contributed by atoms with Crippen molar-refractivity contribution in [1.29, 1.82) is 0 Å². The summed E-state index contributed by atoms with van der Waals surface area (Å²) in [5, 5.41) is 7.63. The maximum Gasteiger partial charge on any atom is 0.410 e. The van der Waals surface area contributed by atoms with Crippen molar-refractivity contribution < 1.29 is 14.3 Å². The Balaban J connectivity index is 1.86. The minimum absolute atomic E-state index is 0.0458. The molecular weight excluding hydrogens is 414 g/mol. The number of aromatic nitrogens is 2. The molecule has 1 aliphatic heterocycles. The molecule has 2 atom stereocenters. The van der Waals surface area contributed by atoms with E-state index in [1.54, 1.807) is 15.6 Å². The minimum atomic E-state index is -0.556. The van der Waals surface area contributed by atoms with Crippen molar-refractivity contribution in [3.05, 3.63) is 28.5 Å². The van der Waals surface area contributed by atoms with Gasteiger partial charge in [0.15, 0.2) is 0 Å². The Morgan fingerprint density at radius 2 is 2.07 bits per heavy atom. The largest absolute Gasteiger partial charge is 0.444 e. The van der Waals surface area contributed by atoms with Crippen LogP contribution in [0.5, 0.6) is 0 Å². The fourth-order valence-corrected chi connectivity index (χ4v) is 3.59. The highest BCUT2D eigenvalue weighted by molar-refractivity contribution is 9.10. The van der Waals surface area contributed by atoms with Crippen molar-refractivity contribution in [2.45, 2.75) is 39.3 Å². The van der Waals surface area contributed by atoms with Gasteiger partial charge in [0.05, 0.1) is 23.0 Å². The number of anilines is 1. The highest BCUT2D eigenvalue weighted by Crippen LogP contribution is 2.29. The first-order chi connectivity index (χ1) is 12.5. The first kappa shape index (κ1) is 19.5. The number of ether oxygens (including phenoxy) is 1. The topological polar surface area (TPSA) is 102 Å². The van der Waals surface area contributed by atoms with Crippen molar-refractivity contribution in [1.82, 2.24) is 14.5 Å². The molecule has 0 unspecified atom stereocenters. The fraction of sp³-hybridized carbons (Fsp3) is 0.500. The second kappa shape index (κ2) is 7.03. The lowest BCUT2D eigenvalue weighted by Gasteiger charge is -2.24. The predicted octanol–water partition coefficient (Wildman–Crippen LogP) is 2.86. The van der Waals surface area contributed by atoms with Crippen molar-refractivity contribution in [3.63, 3.8) is 0 Å². The highest BCUT2D eigenvalue weighted by atomic mass is 79.9. The van der Waals surface area contributed by atoms with Crippen molar-refractivity contribution in [3.8, 4) is 0 Å². The van der Waals surface area contributed by atoms with E-state index < -0.39 is 11.5 Å². The maximum absolute atomic E-state index is 12.4. The molecule has 2 aromatic heterocycles. The molecule has 0 aliphatic carbocycles. The zero-order valence-corrected chi connectivity index (χ0v) is 17.4. The van der Waals surface area contributed by atoms with Crippen LogP contribution in [0.4, 0.5) is 10.5 Å². The van der Waals surface area contributed by atoms with Gasteiger partial charge in [-0.15, -0.1) is 0 Å². The van der Waals surface area contributed by atoms with E-state index in [1.165, 1.54) is 6.20 Å². The van der Waals surface area contributed by atoms with Gasteiger partial charge in [0, 0.05) is 29.8 Å². The molecular formula is C18H24BrN5O3. The Labute approximate surface area is 166 Å². The van der Waals surface area contributed by atoms with E-state index in [9.17, 15) is 9.59 Å². The third-order valence-electron chi connectivity index (χ3n) is 4.46. The summed E-state index contributed by atoms with van der Waals surface area (Å²) in [5.41, 5.74) is 6.67. The van der Waals surface area contributed by atoms with Gasteiger partial charge >= 0.3 is 6.09 Å². The number of fused-ring (bicyclic) bond motifs is 1. The van der Waals surface area contributed by atoms with Crippen LogP contribution in [0.25, 0.3) is 5.52 Å². The van der Waals surface area contributed by atoms with E-state index in [4.69, 9.17) is 10.5 Å². The van der Waals surface area contributed by atoms with E-state index in [2.05, 4.69) is 33.3 Å². The molecule has 0 radical (unpaired) electrons. The quantitative estimate of drug-likeness (QED) is 0.768. The van der Waals surface area contributed by atoms with Gasteiger partial charge in [0.25, 0.3) is 5.91 Å². The summed E-state index contributed by atoms with van der Waals surface area (Å²) in [6.07, 6.45) is 2.92. The number of likely N-dealkylation sites (tertiary alicyclic amines) is 1. The van der Waals surface area contributed by atoms with Crippen LogP contribution in [0.2, 0.25) is 0 Å². The summed E-state index contributed by atoms with van der Waals surface area (Å²) in [5.74, 6) is -0.385. The summed E-state index contributed by atoms with van der Waals surface area (Å²) in [6.45, 7) is 8.64. The van der Waals surface area contributed by atoms with E-state index in [0.717, 1.165) is 9.99 Å². The number of carbonyl (C=O) groups excluding carboxylic acids is 2. The van der Waals surface area contributed by atoms with Crippen LogP contribution < -0.4 is 11.1 Å². The molecule has 27 heavy (non-hydrogen) atoms. The SMILES string of the molecule is C[C@H]1CN(C(=O)OC(C)(C)C)C[C@H]1Nc1c(C(N)=O)cnn2cc(Br)cc12. The number of hydrogen-bond donors (Lipinski definition) is 2. The molecule has 3 heterocycles. The molecule has 0 saturated carbocycles. The van der Waals surface area contributed by atoms with Crippen LogP contribution >= 0.6 is 15.9 Å². The van der Waals surface area contributed by atoms with Crippen LogP contribution in [-0.2, 0) is 4.74 Å². The average molecular weight is 438 g/mol. The van der Waals surface area contributed by atoms with Gasteiger partial charge < -0.3 is 20.7 Å². The summed E-state index contributed by atoms with van der Waals surface area (Å²) >= 11 is 3.43. The highest BCUT2D eigenvalue weighted by Gasteiger charge is 2.35. The summed E-state index contributed by atoms with van der Waals surface area (Å²) < 4.78 is 7.98. The Hall–Kier alpha value is -2.29. The number of halogens is 1. The predicted molar refractivity (Wildman–Crippen MR) is 106 cm³/mol. The molecule has 146 valence electrons. The first-order valence-corrected chi connectivity index (χ1v) is 9.55. The number of nitrogens with zero attached hydrogens (tertiary/aromatic N) is 3. The average Bonchev–Trinajstić information content (AvgIpc) is 3.08. The van der Waals surface area contributed by atoms with Crippen LogP contribution in [-0.4, -0.2) is 51.2 Å². The van der Waals surface area contributed by atoms with Gasteiger partial charge in [-0.2, -0.15) is 5.10 Å². The van der Waals surface area contributed by atoms with Crippen LogP contribution in [0, 0.1) is 5.92 Å². The van der Waals surface area contributed by atoms with Crippen molar-refractivity contribution >= 4 is 39.1 Å². The monoisotopic (exact) mass is 437 g/mol. The first-order valence-electron chi connectivity index (χ1n) is 8.76. The molecule has 0 spiro atoms. The Morgan fingerprint density at radius 3 is 2.70 bits per heavy atom. The lowest BCUT2D eigenvalue weighted by molar-refractivity contribution is 0.0288. The van der Waals surface area contributed by atoms with E-state index >= 15 is 0 Å². The Morgan fingerprint density at radius 1 is 1.37 bits per heavy atom. The Bertz CT molecular complexity index is 889. The molecule has 3 N–H and O–H groups in total. The Kier molecular flexibility index (Phi) is 5.07. The minimum Gasteiger partial charge on any atom is -0.444 e. The number of nitrogens with one attached hydrogen (secondary N) is 1. The number of primary amides is 1. The zero-order valence-electron chi connectivity index (χ0n) is 15.8. The zero-order chi connectivity index (χ0) is 19.9. The maximum atomic E-state index is 12.4. The van der Waals surface area contributed by atoms with Gasteiger partial charge in [-0.25, -0.2) is 9.31 Å². The molecule has 2 amide bonds. The smallest absolute Gasteiger partial charge is 0.410 e. The van der Waals surface area contributed by atoms with E-state index in [0.29, 0.717) is 24.3 Å². The number of amides is 2. The number of carbonyl (C=O) groups is 2. The third kappa shape index (κ3) is 4.18. The van der Waals surface area contributed by atoms with E-state index in [1.807, 2.05) is 26.8 Å². The number of rotatable bonds is 3. The van der Waals surface area contributed by atoms with Crippen molar-refractivity contribution in [2.24, 2.45) is 11.7 Å². The normalized spacial score (nSPS) is 20.1. The lowest BCUT2D eigenvalue weighted by Crippen LogP contribution is -2.36. The molecule has 0 aromatic carbocycles. The second-order valence-electron chi connectivity index (χ2n) is 7.90. The molecule has 3 rings (SSSR count). The number of nitrogens with two attached hydrogens (primary N) is 1. The molecule has 1 saturated heterocycles. The second-order valence-corrected chi connectivity index (χ2v) is 8.81. The molecule has 8 nitrogen and oxygen atoms in total. The van der Waals surface area contributed by atoms with Gasteiger partial charge in [-0.3, -0.25) is 4.79 Å². The number of hydrogen-bond acceptors (Lipinski definition) is 5. The fourth-order valence-electron chi connectivity index (χ4n) is 3.18. The van der Waals surface area contributed by atoms with Gasteiger partial charge in [0.2, 0.25) is 0 Å². The molecule has 0 bridgehead atoms. The van der Waals surface area contributed by atoms with Gasteiger partial charge in [-0.1, -0.05) is 6.92 Å². The van der Waals surface area contributed by atoms with Crippen LogP contribution in [0.15, 0.2) is 22.9 Å². The molecule has 1 aliphatic rings. The van der Waals surface area contributed by atoms with E-state index in [-0.39, 0.29) is 18.1 Å². The standard InChI is InChI=1S/C18H24BrN5O3/c1-10-7-23(17(26)27-18(2,3)4)9-13(10)22-15-12(16(20)25)6-21-24-8-11(19)5-14(15)24/h5-6,8,10,13,22H,7,9H2,1-4H3,(H2,20,25)/t10-,13+/m0/s1. The van der Waals surface area contributed by atoms with Crippen LogP contribution in [0.1, 0.15) is 38.1 Å². The molecule has 1 fully saturated rings. The van der Waals surface area contributed by atoms with Gasteiger partial charge in [-0.05, 0) is 48.7 Å². The third-order valence-corrected chi connectivity index (χ3v) is 4.90. The molecule has 9 heteroatoms. The van der Waals surface area contributed by atoms with Gasteiger partial charge in [0.1, 0.15) is 5.60 Å². The summed E-state index contributed by atoms with van der Waals surface area (Å²) in [6, 6.07) is 1.82. The van der Waals surface area contributed by atoms with Crippen LogP contribution in [0.3, 0.4) is 0 Å². The summed E-state index contributed by atoms with van der Waals surface area (Å²) in [7, 11) is 0.